The lowest BCUT2D eigenvalue weighted by Gasteiger charge is -2.28. The number of carbonyl (C=O) groups is 2. The van der Waals surface area contributed by atoms with Gasteiger partial charge >= 0.3 is 0 Å². The third-order valence-electron chi connectivity index (χ3n) is 7.67. The number of hydrogen-bond donors (Lipinski definition) is 1. The van der Waals surface area contributed by atoms with Crippen LogP contribution in [0.3, 0.4) is 0 Å². The second kappa shape index (κ2) is 9.12. The highest BCUT2D eigenvalue weighted by molar-refractivity contribution is 7.15. The number of likely N-dealkylation sites (tertiary alicyclic amines) is 1. The third kappa shape index (κ3) is 3.94. The number of aromatic nitrogens is 3. The predicted octanol–water partition coefficient (Wildman–Crippen LogP) is 5.05. The molecule has 4 aromatic rings. The van der Waals surface area contributed by atoms with Gasteiger partial charge in [-0.25, -0.2) is 9.97 Å². The monoisotopic (exact) mass is 519 g/mol. The van der Waals surface area contributed by atoms with Gasteiger partial charge in [0.05, 0.1) is 21.6 Å². The van der Waals surface area contributed by atoms with E-state index in [9.17, 15) is 9.59 Å². The fourth-order valence-electron chi connectivity index (χ4n) is 6.18. The van der Waals surface area contributed by atoms with Crippen molar-refractivity contribution in [2.24, 2.45) is 17.8 Å². The van der Waals surface area contributed by atoms with Crippen molar-refractivity contribution in [3.63, 3.8) is 0 Å². The Hall–Kier alpha value is -3.04. The Balaban J connectivity index is 1.28. The first-order valence-corrected chi connectivity index (χ1v) is 14.1. The van der Waals surface area contributed by atoms with Crippen LogP contribution in [0.5, 0.6) is 0 Å². The number of rotatable bonds is 5. The SMILES string of the molecule is Cc1nc(C(=O)N2CC3CC(C)C[C@@H]3C2CNC(=O)c2c(C)nc3sccn23)c(-c2ccccc2)s1. The maximum absolute atomic E-state index is 14.0. The topological polar surface area (TPSA) is 79.6 Å². The summed E-state index contributed by atoms with van der Waals surface area (Å²) in [6.07, 6.45) is 4.08. The minimum atomic E-state index is -0.144. The first-order valence-electron chi connectivity index (χ1n) is 12.4. The Morgan fingerprint density at radius 3 is 2.75 bits per heavy atom. The molecule has 9 heteroatoms. The first-order chi connectivity index (χ1) is 17.4. The van der Waals surface area contributed by atoms with Crippen molar-refractivity contribution >= 4 is 39.4 Å². The second-order valence-electron chi connectivity index (χ2n) is 10.1. The highest BCUT2D eigenvalue weighted by atomic mass is 32.1. The van der Waals surface area contributed by atoms with E-state index in [4.69, 9.17) is 0 Å². The summed E-state index contributed by atoms with van der Waals surface area (Å²) in [7, 11) is 0. The van der Waals surface area contributed by atoms with Gasteiger partial charge in [0.2, 0.25) is 0 Å². The lowest BCUT2D eigenvalue weighted by molar-refractivity contribution is 0.0692. The standard InChI is InChI=1S/C27H29N5O2S2/c1-15-11-19-14-32(26(34)22-24(36-17(3)30-22)18-7-5-4-6-8-18)21(20(19)12-15)13-28-25(33)23-16(2)29-27-31(23)9-10-35-27/h4-10,15,19-21H,11-14H2,1-3H3,(H,28,33)/t15?,19?,20-,21?/m0/s1. The van der Waals surface area contributed by atoms with Crippen LogP contribution < -0.4 is 5.32 Å². The van der Waals surface area contributed by atoms with E-state index in [0.29, 0.717) is 35.7 Å². The number of hydrogen-bond acceptors (Lipinski definition) is 6. The average Bonchev–Trinajstić information content (AvgIpc) is 3.65. The molecule has 6 rings (SSSR count). The van der Waals surface area contributed by atoms with Crippen LogP contribution in [0.15, 0.2) is 41.9 Å². The molecule has 2 fully saturated rings. The average molecular weight is 520 g/mol. The minimum Gasteiger partial charge on any atom is -0.349 e. The molecule has 1 aliphatic carbocycles. The van der Waals surface area contributed by atoms with E-state index in [1.54, 1.807) is 11.3 Å². The van der Waals surface area contributed by atoms with Crippen LogP contribution in [0.25, 0.3) is 15.4 Å². The number of fused-ring (bicyclic) bond motifs is 2. The number of nitrogens with one attached hydrogen (secondary N) is 1. The van der Waals surface area contributed by atoms with Crippen molar-refractivity contribution in [3.05, 3.63) is 64.0 Å². The lowest BCUT2D eigenvalue weighted by atomic mass is 9.93. The third-order valence-corrected chi connectivity index (χ3v) is 9.44. The van der Waals surface area contributed by atoms with Crippen LogP contribution >= 0.6 is 22.7 Å². The van der Waals surface area contributed by atoms with Crippen LogP contribution in [-0.4, -0.2) is 50.2 Å². The summed E-state index contributed by atoms with van der Waals surface area (Å²) in [5, 5.41) is 5.97. The molecule has 1 N–H and O–H groups in total. The zero-order valence-electron chi connectivity index (χ0n) is 20.6. The van der Waals surface area contributed by atoms with Gasteiger partial charge in [-0.3, -0.25) is 14.0 Å². The van der Waals surface area contributed by atoms with E-state index in [1.165, 1.54) is 11.3 Å². The molecule has 0 spiro atoms. The fraction of sp³-hybridized carbons (Fsp3) is 0.407. The Labute approximate surface area is 218 Å². The van der Waals surface area contributed by atoms with Crippen molar-refractivity contribution in [1.82, 2.24) is 24.6 Å². The molecule has 0 radical (unpaired) electrons. The molecular weight excluding hydrogens is 490 g/mol. The summed E-state index contributed by atoms with van der Waals surface area (Å²) in [4.78, 5) is 40.2. The summed E-state index contributed by atoms with van der Waals surface area (Å²) >= 11 is 3.07. The summed E-state index contributed by atoms with van der Waals surface area (Å²) in [5.41, 5.74) is 2.83. The van der Waals surface area contributed by atoms with Crippen LogP contribution in [-0.2, 0) is 0 Å². The summed E-state index contributed by atoms with van der Waals surface area (Å²) < 4.78 is 1.84. The highest BCUT2D eigenvalue weighted by Gasteiger charge is 2.48. The molecule has 1 saturated carbocycles. The molecule has 1 aromatic carbocycles. The van der Waals surface area contributed by atoms with Crippen LogP contribution in [0, 0.1) is 31.6 Å². The Morgan fingerprint density at radius 1 is 1.14 bits per heavy atom. The highest BCUT2D eigenvalue weighted by Crippen LogP contribution is 2.45. The van der Waals surface area contributed by atoms with Gasteiger partial charge in [0.15, 0.2) is 4.96 Å². The van der Waals surface area contributed by atoms with E-state index >= 15 is 0 Å². The lowest BCUT2D eigenvalue weighted by Crippen LogP contribution is -2.46. The van der Waals surface area contributed by atoms with Gasteiger partial charge in [0.25, 0.3) is 11.8 Å². The van der Waals surface area contributed by atoms with Gasteiger partial charge in [0, 0.05) is 24.7 Å². The van der Waals surface area contributed by atoms with Gasteiger partial charge in [-0.2, -0.15) is 0 Å². The Bertz CT molecular complexity index is 1440. The van der Waals surface area contributed by atoms with Gasteiger partial charge in [-0.05, 0) is 50.0 Å². The van der Waals surface area contributed by atoms with Crippen molar-refractivity contribution < 1.29 is 9.59 Å². The van der Waals surface area contributed by atoms with E-state index in [0.717, 1.165) is 45.5 Å². The normalized spacial score (nSPS) is 23.4. The van der Waals surface area contributed by atoms with E-state index in [1.807, 2.05) is 65.1 Å². The number of amides is 2. The number of benzene rings is 1. The van der Waals surface area contributed by atoms with Gasteiger partial charge in [-0.15, -0.1) is 22.7 Å². The van der Waals surface area contributed by atoms with E-state index in [2.05, 4.69) is 22.2 Å². The quantitative estimate of drug-likeness (QED) is 0.400. The predicted molar refractivity (Wildman–Crippen MR) is 143 cm³/mol. The fourth-order valence-corrected chi connectivity index (χ4v) is 7.86. The Kier molecular flexibility index (Phi) is 5.92. The van der Waals surface area contributed by atoms with Gasteiger partial charge in [-0.1, -0.05) is 37.3 Å². The molecule has 3 aromatic heterocycles. The number of imidazole rings is 1. The molecule has 2 amide bonds. The summed E-state index contributed by atoms with van der Waals surface area (Å²) in [6, 6.07) is 9.96. The zero-order chi connectivity index (χ0) is 25.0. The van der Waals surface area contributed by atoms with Crippen LogP contribution in [0.4, 0.5) is 0 Å². The number of carbonyl (C=O) groups excluding carboxylic acids is 2. The van der Waals surface area contributed by atoms with Crippen molar-refractivity contribution in [1.29, 1.82) is 0 Å². The summed E-state index contributed by atoms with van der Waals surface area (Å²) in [5.74, 6) is 1.32. The molecule has 3 unspecified atom stereocenters. The Morgan fingerprint density at radius 2 is 1.94 bits per heavy atom. The molecule has 1 aliphatic heterocycles. The molecule has 4 heterocycles. The second-order valence-corrected chi connectivity index (χ2v) is 12.2. The minimum absolute atomic E-state index is 0.0275. The zero-order valence-corrected chi connectivity index (χ0v) is 22.2. The first kappa shape index (κ1) is 23.4. The molecule has 186 valence electrons. The molecule has 1 saturated heterocycles. The largest absolute Gasteiger partial charge is 0.349 e. The smallest absolute Gasteiger partial charge is 0.274 e. The molecule has 0 bridgehead atoms. The van der Waals surface area contributed by atoms with Crippen LogP contribution in [0.2, 0.25) is 0 Å². The maximum Gasteiger partial charge on any atom is 0.274 e. The van der Waals surface area contributed by atoms with E-state index < -0.39 is 0 Å². The molecule has 2 aliphatic rings. The number of thiazole rings is 2. The maximum atomic E-state index is 14.0. The molecule has 7 nitrogen and oxygen atoms in total. The molecular formula is C27H29N5O2S2. The summed E-state index contributed by atoms with van der Waals surface area (Å²) in [6.45, 7) is 7.26. The van der Waals surface area contributed by atoms with Crippen LogP contribution in [0.1, 0.15) is 51.4 Å². The van der Waals surface area contributed by atoms with Gasteiger partial charge in [0.1, 0.15) is 11.4 Å². The number of aryl methyl sites for hydroxylation is 2. The molecule has 4 atom stereocenters. The molecule has 36 heavy (non-hydrogen) atoms. The van der Waals surface area contributed by atoms with Crippen molar-refractivity contribution in [3.8, 4) is 10.4 Å². The number of nitrogens with zero attached hydrogens (tertiary/aromatic N) is 4. The van der Waals surface area contributed by atoms with E-state index in [-0.39, 0.29) is 17.9 Å². The van der Waals surface area contributed by atoms with Crippen molar-refractivity contribution in [2.75, 3.05) is 13.1 Å². The van der Waals surface area contributed by atoms with Gasteiger partial charge < -0.3 is 10.2 Å². The van der Waals surface area contributed by atoms with Crippen molar-refractivity contribution in [2.45, 2.75) is 39.7 Å².